The molecule has 0 unspecified atom stereocenters. The van der Waals surface area contributed by atoms with Crippen LogP contribution in [0.15, 0.2) is 0 Å². The highest BCUT2D eigenvalue weighted by Crippen LogP contribution is 2.71. The van der Waals surface area contributed by atoms with Gasteiger partial charge in [0.05, 0.1) is 0 Å². The van der Waals surface area contributed by atoms with Gasteiger partial charge in [-0.25, -0.2) is 4.79 Å². The minimum atomic E-state index is -1.08. The fourth-order valence-corrected chi connectivity index (χ4v) is 6.94. The van der Waals surface area contributed by atoms with Gasteiger partial charge in [0.25, 0.3) is 0 Å². The SMILES string of the molecule is C1C2CC3C4CC5CC(C14)C(C2)C3C5.NC(=O)OC=O. The van der Waals surface area contributed by atoms with E-state index in [1.807, 2.05) is 0 Å². The number of hydrogen-bond donors (Lipinski definition) is 1. The van der Waals surface area contributed by atoms with Crippen molar-refractivity contribution in [1.29, 1.82) is 0 Å². The van der Waals surface area contributed by atoms with Gasteiger partial charge in [0.2, 0.25) is 0 Å². The van der Waals surface area contributed by atoms with Crippen molar-refractivity contribution in [3.63, 3.8) is 0 Å². The first kappa shape index (κ1) is 12.7. The summed E-state index contributed by atoms with van der Waals surface area (Å²) >= 11 is 0. The van der Waals surface area contributed by atoms with Crippen LogP contribution in [0.4, 0.5) is 4.79 Å². The average Bonchev–Trinajstić information content (AvgIpc) is 2.44. The number of nitrogens with two attached hydrogens (primary N) is 1. The van der Waals surface area contributed by atoms with Crippen molar-refractivity contribution in [2.24, 2.45) is 53.1 Å². The van der Waals surface area contributed by atoms with Crippen LogP contribution in [0, 0.1) is 47.3 Å². The molecule has 20 heavy (non-hydrogen) atoms. The summed E-state index contributed by atoms with van der Waals surface area (Å²) < 4.78 is 3.50. The van der Waals surface area contributed by atoms with Crippen molar-refractivity contribution in [2.45, 2.75) is 38.5 Å². The molecule has 0 spiro atoms. The lowest BCUT2D eigenvalue weighted by molar-refractivity contribution is -0.202. The summed E-state index contributed by atoms with van der Waals surface area (Å²) in [5.74, 6) is 9.74. The molecule has 0 heterocycles. The number of amides is 1. The first-order valence-electron chi connectivity index (χ1n) is 8.07. The van der Waals surface area contributed by atoms with E-state index in [9.17, 15) is 4.79 Å². The Labute approximate surface area is 119 Å². The smallest absolute Gasteiger partial charge is 0.379 e. The molecule has 7 rings (SSSR count). The number of primary amides is 1. The topological polar surface area (TPSA) is 69.4 Å². The summed E-state index contributed by atoms with van der Waals surface area (Å²) in [6.07, 6.45) is 8.85. The second-order valence-electron chi connectivity index (χ2n) is 7.66. The Kier molecular flexibility index (Phi) is 2.83. The maximum Gasteiger partial charge on any atom is 0.412 e. The molecule has 4 heteroatoms. The molecule has 0 atom stereocenters. The van der Waals surface area contributed by atoms with Gasteiger partial charge in [0.15, 0.2) is 0 Å². The molecular formula is C16H23NO3. The summed E-state index contributed by atoms with van der Waals surface area (Å²) in [6.45, 7) is -0.0255. The number of hydrogen-bond acceptors (Lipinski definition) is 3. The molecule has 8 bridgehead atoms. The monoisotopic (exact) mass is 277 g/mol. The van der Waals surface area contributed by atoms with Crippen molar-refractivity contribution < 1.29 is 14.3 Å². The summed E-state index contributed by atoms with van der Waals surface area (Å²) in [7, 11) is 0. The second kappa shape index (κ2) is 4.47. The Morgan fingerprint density at radius 1 is 0.800 bits per heavy atom. The van der Waals surface area contributed by atoms with Gasteiger partial charge in [0.1, 0.15) is 0 Å². The van der Waals surface area contributed by atoms with E-state index in [0.717, 1.165) is 0 Å². The van der Waals surface area contributed by atoms with E-state index in [0.29, 0.717) is 0 Å². The van der Waals surface area contributed by atoms with E-state index in [1.54, 1.807) is 38.5 Å². The van der Waals surface area contributed by atoms with Gasteiger partial charge in [-0.15, -0.1) is 0 Å². The quantitative estimate of drug-likeness (QED) is 0.591. The average molecular weight is 277 g/mol. The van der Waals surface area contributed by atoms with Crippen molar-refractivity contribution in [1.82, 2.24) is 0 Å². The third kappa shape index (κ3) is 1.73. The van der Waals surface area contributed by atoms with Crippen LogP contribution in [-0.4, -0.2) is 12.6 Å². The molecule has 4 nitrogen and oxygen atoms in total. The third-order valence-corrected chi connectivity index (χ3v) is 7.10. The van der Waals surface area contributed by atoms with E-state index in [4.69, 9.17) is 4.79 Å². The predicted octanol–water partition coefficient (Wildman–Crippen LogP) is 2.56. The fraction of sp³-hybridized carbons (Fsp3) is 0.875. The molecule has 0 saturated heterocycles. The van der Waals surface area contributed by atoms with Crippen molar-refractivity contribution in [3.8, 4) is 0 Å². The van der Waals surface area contributed by atoms with E-state index in [2.05, 4.69) is 10.5 Å². The van der Waals surface area contributed by atoms with Crippen molar-refractivity contribution in [3.05, 3.63) is 0 Å². The highest BCUT2D eigenvalue weighted by atomic mass is 16.6. The zero-order valence-corrected chi connectivity index (χ0v) is 11.7. The Morgan fingerprint density at radius 2 is 1.10 bits per heavy atom. The summed E-state index contributed by atoms with van der Waals surface area (Å²) in [6, 6.07) is 0. The first-order valence-corrected chi connectivity index (χ1v) is 8.07. The first-order chi connectivity index (χ1) is 9.67. The summed E-state index contributed by atoms with van der Waals surface area (Å²) in [5.41, 5.74) is 4.31. The van der Waals surface area contributed by atoms with Crippen LogP contribution in [0.25, 0.3) is 0 Å². The third-order valence-electron chi connectivity index (χ3n) is 7.10. The van der Waals surface area contributed by atoms with Gasteiger partial charge in [-0.1, -0.05) is 0 Å². The van der Waals surface area contributed by atoms with E-state index >= 15 is 0 Å². The molecule has 0 aromatic rings. The van der Waals surface area contributed by atoms with Crippen LogP contribution in [0.2, 0.25) is 0 Å². The lowest BCUT2D eigenvalue weighted by Gasteiger charge is -2.69. The Balaban J connectivity index is 0.000000154. The largest absolute Gasteiger partial charge is 0.412 e. The molecule has 1 amide bonds. The van der Waals surface area contributed by atoms with E-state index in [-0.39, 0.29) is 6.47 Å². The normalized spacial score (nSPS) is 52.4. The van der Waals surface area contributed by atoms with Gasteiger partial charge in [-0.3, -0.25) is 4.79 Å². The summed E-state index contributed by atoms with van der Waals surface area (Å²) in [5, 5.41) is 0. The molecule has 7 aliphatic carbocycles. The van der Waals surface area contributed by atoms with Crippen molar-refractivity contribution in [2.75, 3.05) is 0 Å². The van der Waals surface area contributed by atoms with Crippen LogP contribution in [0.1, 0.15) is 38.5 Å². The van der Waals surface area contributed by atoms with E-state index < -0.39 is 6.09 Å². The molecule has 7 fully saturated rings. The van der Waals surface area contributed by atoms with Gasteiger partial charge < -0.3 is 10.5 Å². The highest BCUT2D eigenvalue weighted by Gasteiger charge is 2.63. The van der Waals surface area contributed by atoms with Crippen LogP contribution in [-0.2, 0) is 9.53 Å². The zero-order valence-electron chi connectivity index (χ0n) is 11.7. The molecule has 7 aliphatic rings. The van der Waals surface area contributed by atoms with Crippen LogP contribution in [0.3, 0.4) is 0 Å². The maximum absolute atomic E-state index is 9.37. The fourth-order valence-electron chi connectivity index (χ4n) is 6.94. The number of carbonyl (C=O) groups is 2. The predicted molar refractivity (Wildman–Crippen MR) is 72.4 cm³/mol. The lowest BCUT2D eigenvalue weighted by Crippen LogP contribution is -2.62. The zero-order chi connectivity index (χ0) is 13.9. The Morgan fingerprint density at radius 3 is 1.25 bits per heavy atom. The number of ether oxygens (including phenoxy) is 1. The van der Waals surface area contributed by atoms with Gasteiger partial charge in [0, 0.05) is 0 Å². The highest BCUT2D eigenvalue weighted by molar-refractivity contribution is 5.72. The Bertz CT molecular complexity index is 348. The molecule has 0 radical (unpaired) electrons. The minimum Gasteiger partial charge on any atom is -0.379 e. The molecule has 110 valence electrons. The molecular weight excluding hydrogens is 254 g/mol. The lowest BCUT2D eigenvalue weighted by atomic mass is 9.36. The maximum atomic E-state index is 9.37. The van der Waals surface area contributed by atoms with E-state index in [1.165, 1.54) is 47.3 Å². The van der Waals surface area contributed by atoms with Crippen molar-refractivity contribution >= 4 is 12.6 Å². The van der Waals surface area contributed by atoms with Crippen LogP contribution >= 0.6 is 0 Å². The van der Waals surface area contributed by atoms with Gasteiger partial charge >= 0.3 is 12.6 Å². The van der Waals surface area contributed by atoms with Gasteiger partial charge in [-0.05, 0) is 85.9 Å². The molecule has 0 aromatic carbocycles. The summed E-state index contributed by atoms with van der Waals surface area (Å²) in [4.78, 5) is 18.5. The minimum absolute atomic E-state index is 0.0255. The molecule has 0 aliphatic heterocycles. The number of carbonyl (C=O) groups excluding carboxylic acids is 2. The standard InChI is InChI=1S/C14H20.C2H3NO3/c1-7-2-12-10-4-8-5-11(9(1)10)13(3-7)14(12)6-8;3-2(5)6-1-4/h7-14H,1-6H2;1H,(H2,3,5). The molecule has 2 N–H and O–H groups in total. The van der Waals surface area contributed by atoms with Crippen LogP contribution < -0.4 is 5.73 Å². The number of rotatable bonds is 1. The van der Waals surface area contributed by atoms with Crippen LogP contribution in [0.5, 0.6) is 0 Å². The Hall–Kier alpha value is -1.06. The second-order valence-corrected chi connectivity index (χ2v) is 7.66. The molecule has 0 aromatic heterocycles. The molecule has 7 saturated carbocycles. The van der Waals surface area contributed by atoms with Gasteiger partial charge in [-0.2, -0.15) is 0 Å².